The van der Waals surface area contributed by atoms with Crippen LogP contribution in [0.25, 0.3) is 0 Å². The predicted octanol–water partition coefficient (Wildman–Crippen LogP) is 2.23. The second kappa shape index (κ2) is 7.53. The fourth-order valence-electron chi connectivity index (χ4n) is 1.88. The molecule has 10 heteroatoms. The number of hydrogen-bond donors (Lipinski definition) is 2. The minimum absolute atomic E-state index is 0.113. The first-order valence-corrected chi connectivity index (χ1v) is 7.92. The predicted molar refractivity (Wildman–Crippen MR) is 85.9 cm³/mol. The van der Waals surface area contributed by atoms with Crippen molar-refractivity contribution < 1.29 is 33.1 Å². The van der Waals surface area contributed by atoms with E-state index in [1.807, 2.05) is 0 Å². The molecule has 0 bridgehead atoms. The van der Waals surface area contributed by atoms with Crippen molar-refractivity contribution in [1.29, 1.82) is 0 Å². The number of aromatic carboxylic acids is 2. The number of carboxylic acids is 2. The highest BCUT2D eigenvalue weighted by Crippen LogP contribution is 2.20. The molecule has 0 radical (unpaired) electrons. The van der Waals surface area contributed by atoms with Gasteiger partial charge in [0.1, 0.15) is 5.75 Å². The summed E-state index contributed by atoms with van der Waals surface area (Å²) in [4.78, 5) is 32.0. The van der Waals surface area contributed by atoms with Crippen molar-refractivity contribution in [2.45, 2.75) is 5.75 Å². The van der Waals surface area contributed by atoms with Gasteiger partial charge in [-0.1, -0.05) is 12.1 Å². The van der Waals surface area contributed by atoms with E-state index in [1.54, 1.807) is 0 Å². The number of carbonyl (C=O) groups is 2. The summed E-state index contributed by atoms with van der Waals surface area (Å²) in [5, 5.41) is 28.5. The Labute approximate surface area is 143 Å². The van der Waals surface area contributed by atoms with Gasteiger partial charge in [0.15, 0.2) is 0 Å². The van der Waals surface area contributed by atoms with Crippen LogP contribution >= 0.6 is 0 Å². The Morgan fingerprint density at radius 3 is 2.00 bits per heavy atom. The Balaban J connectivity index is 2.15. The number of nitro benzene ring substituents is 1. The lowest BCUT2D eigenvalue weighted by Gasteiger charge is -2.07. The second-order valence-electron chi connectivity index (χ2n) is 4.81. The van der Waals surface area contributed by atoms with E-state index in [-0.39, 0.29) is 28.3 Å². The van der Waals surface area contributed by atoms with E-state index in [9.17, 15) is 23.9 Å². The Bertz CT molecular complexity index is 830. The van der Waals surface area contributed by atoms with E-state index in [0.717, 1.165) is 18.2 Å². The number of hydrogen-bond acceptors (Lipinski definition) is 6. The zero-order valence-corrected chi connectivity index (χ0v) is 13.3. The molecule has 2 aromatic rings. The van der Waals surface area contributed by atoms with Crippen LogP contribution in [-0.4, -0.2) is 31.3 Å². The Morgan fingerprint density at radius 1 is 1.04 bits per heavy atom. The van der Waals surface area contributed by atoms with Crippen LogP contribution < -0.4 is 4.18 Å². The number of benzene rings is 2. The monoisotopic (exact) mass is 365 g/mol. The lowest BCUT2D eigenvalue weighted by molar-refractivity contribution is -0.384. The number of non-ortho nitro benzene ring substituents is 1. The molecule has 1 unspecified atom stereocenters. The van der Waals surface area contributed by atoms with Crippen LogP contribution in [0.3, 0.4) is 0 Å². The van der Waals surface area contributed by atoms with Crippen LogP contribution in [0.4, 0.5) is 5.69 Å². The highest BCUT2D eigenvalue weighted by molar-refractivity contribution is 7.79. The average molecular weight is 365 g/mol. The van der Waals surface area contributed by atoms with Gasteiger partial charge >= 0.3 is 11.9 Å². The van der Waals surface area contributed by atoms with Gasteiger partial charge in [0.05, 0.1) is 21.8 Å². The molecule has 0 heterocycles. The molecule has 0 saturated heterocycles. The van der Waals surface area contributed by atoms with Crippen molar-refractivity contribution in [2.75, 3.05) is 0 Å². The molecule has 25 heavy (non-hydrogen) atoms. The molecule has 0 amide bonds. The maximum atomic E-state index is 12.0. The molecule has 0 saturated carbocycles. The van der Waals surface area contributed by atoms with Crippen molar-refractivity contribution in [2.24, 2.45) is 0 Å². The molecule has 0 aromatic heterocycles. The molecule has 9 nitrogen and oxygen atoms in total. The third kappa shape index (κ3) is 4.85. The lowest BCUT2D eigenvalue weighted by atomic mass is 10.1. The summed E-state index contributed by atoms with van der Waals surface area (Å²) >= 11 is -1.94. The molecule has 0 aliphatic rings. The average Bonchev–Trinajstić information content (AvgIpc) is 2.54. The highest BCUT2D eigenvalue weighted by atomic mass is 32.2. The fourth-order valence-corrected chi connectivity index (χ4v) is 2.72. The van der Waals surface area contributed by atoms with Gasteiger partial charge in [-0.25, -0.2) is 13.8 Å². The van der Waals surface area contributed by atoms with Crippen LogP contribution in [0.5, 0.6) is 5.75 Å². The number of nitrogens with zero attached hydrogens (tertiary/aromatic N) is 1. The topological polar surface area (TPSA) is 144 Å². The molecule has 0 aliphatic heterocycles. The zero-order chi connectivity index (χ0) is 18.6. The maximum Gasteiger partial charge on any atom is 0.335 e. The van der Waals surface area contributed by atoms with E-state index in [1.165, 1.54) is 24.3 Å². The number of nitro groups is 1. The van der Waals surface area contributed by atoms with Gasteiger partial charge < -0.3 is 14.4 Å². The van der Waals surface area contributed by atoms with Crippen LogP contribution in [0, 0.1) is 10.1 Å². The Kier molecular flexibility index (Phi) is 5.45. The second-order valence-corrected chi connectivity index (χ2v) is 5.87. The van der Waals surface area contributed by atoms with Gasteiger partial charge in [-0.15, -0.1) is 0 Å². The molecule has 2 aromatic carbocycles. The molecule has 0 fully saturated rings. The molecule has 2 rings (SSSR count). The van der Waals surface area contributed by atoms with Crippen molar-refractivity contribution in [3.63, 3.8) is 0 Å². The third-order valence-corrected chi connectivity index (χ3v) is 3.97. The minimum Gasteiger partial charge on any atom is -0.478 e. The molecule has 1 atom stereocenters. The van der Waals surface area contributed by atoms with E-state index in [0.29, 0.717) is 5.56 Å². The standard InChI is InChI=1S/C15H11NO8S/c17-14(18)10-5-11(15(19)20)7-13(6-10)24-25(23)8-9-1-3-12(4-2-9)16(21)22/h1-7H,8H2,(H,17,18)(H,19,20). The van der Waals surface area contributed by atoms with Gasteiger partial charge in [0, 0.05) is 12.1 Å². The molecule has 0 aliphatic carbocycles. The van der Waals surface area contributed by atoms with Crippen LogP contribution in [0.1, 0.15) is 26.3 Å². The van der Waals surface area contributed by atoms with E-state index in [4.69, 9.17) is 14.4 Å². The van der Waals surface area contributed by atoms with Crippen molar-refractivity contribution in [3.05, 3.63) is 69.3 Å². The highest BCUT2D eigenvalue weighted by Gasteiger charge is 2.14. The normalized spacial score (nSPS) is 11.5. The molecule has 130 valence electrons. The first-order chi connectivity index (χ1) is 11.8. The Hall–Kier alpha value is -3.27. The van der Waals surface area contributed by atoms with Gasteiger partial charge in [-0.2, -0.15) is 0 Å². The molecule has 2 N–H and O–H groups in total. The zero-order valence-electron chi connectivity index (χ0n) is 12.4. The maximum absolute atomic E-state index is 12.0. The fraction of sp³-hybridized carbons (Fsp3) is 0.0667. The smallest absolute Gasteiger partial charge is 0.335 e. The summed E-state index contributed by atoms with van der Waals surface area (Å²) in [7, 11) is 0. The van der Waals surface area contributed by atoms with Gasteiger partial charge in [-0.05, 0) is 23.8 Å². The molecule has 0 spiro atoms. The van der Waals surface area contributed by atoms with Gasteiger partial charge in [-0.3, -0.25) is 10.1 Å². The quantitative estimate of drug-likeness (QED) is 0.561. The van der Waals surface area contributed by atoms with Crippen molar-refractivity contribution in [3.8, 4) is 5.75 Å². The largest absolute Gasteiger partial charge is 0.478 e. The SMILES string of the molecule is O=C(O)c1cc(OS(=O)Cc2ccc([N+](=O)[O-])cc2)cc(C(=O)O)c1. The van der Waals surface area contributed by atoms with Crippen LogP contribution in [0.2, 0.25) is 0 Å². The lowest BCUT2D eigenvalue weighted by Crippen LogP contribution is -2.07. The summed E-state index contributed by atoms with van der Waals surface area (Å²) < 4.78 is 17.1. The first kappa shape index (κ1) is 18.1. The van der Waals surface area contributed by atoms with Gasteiger partial charge in [0.25, 0.3) is 5.69 Å². The van der Waals surface area contributed by atoms with Crippen molar-refractivity contribution >= 4 is 28.7 Å². The van der Waals surface area contributed by atoms with E-state index < -0.39 is 27.9 Å². The summed E-state index contributed by atoms with van der Waals surface area (Å²) in [5.41, 5.74) is -0.253. The van der Waals surface area contributed by atoms with Crippen LogP contribution in [-0.2, 0) is 16.8 Å². The summed E-state index contributed by atoms with van der Waals surface area (Å²) in [6, 6.07) is 8.40. The van der Waals surface area contributed by atoms with Gasteiger partial charge in [0.2, 0.25) is 11.1 Å². The van der Waals surface area contributed by atoms with E-state index >= 15 is 0 Å². The third-order valence-electron chi connectivity index (χ3n) is 3.02. The first-order valence-electron chi connectivity index (χ1n) is 6.68. The van der Waals surface area contributed by atoms with E-state index in [2.05, 4.69) is 0 Å². The number of carboxylic acid groups (broad SMARTS) is 2. The molecular formula is C15H11NO8S. The van der Waals surface area contributed by atoms with Crippen LogP contribution in [0.15, 0.2) is 42.5 Å². The number of rotatable bonds is 7. The molecular weight excluding hydrogens is 354 g/mol. The minimum atomic E-state index is -1.94. The van der Waals surface area contributed by atoms with Crippen molar-refractivity contribution in [1.82, 2.24) is 0 Å². The Morgan fingerprint density at radius 2 is 1.56 bits per heavy atom. The summed E-state index contributed by atoms with van der Waals surface area (Å²) in [6.45, 7) is 0. The summed E-state index contributed by atoms with van der Waals surface area (Å²) in [6.07, 6.45) is 0. The summed E-state index contributed by atoms with van der Waals surface area (Å²) in [5.74, 6) is -2.99.